The third-order valence-electron chi connectivity index (χ3n) is 6.58. The van der Waals surface area contributed by atoms with Crippen LogP contribution in [-0.2, 0) is 9.59 Å². The predicted octanol–water partition coefficient (Wildman–Crippen LogP) is 4.47. The Balaban J connectivity index is 1.60. The van der Waals surface area contributed by atoms with Gasteiger partial charge in [0.2, 0.25) is 11.8 Å². The summed E-state index contributed by atoms with van der Waals surface area (Å²) in [5.41, 5.74) is 3.83. The first-order valence-electron chi connectivity index (χ1n) is 9.02. The highest BCUT2D eigenvalue weighted by molar-refractivity contribution is 9.10. The molecule has 3 nitrogen and oxygen atoms in total. The molecule has 4 heteroatoms. The first-order valence-corrected chi connectivity index (χ1v) is 9.81. The van der Waals surface area contributed by atoms with Gasteiger partial charge in [-0.3, -0.25) is 14.5 Å². The highest BCUT2D eigenvalue weighted by Gasteiger charge is 2.59. The van der Waals surface area contributed by atoms with E-state index in [0.717, 1.165) is 35.8 Å². The van der Waals surface area contributed by atoms with E-state index in [1.54, 1.807) is 11.1 Å². The van der Waals surface area contributed by atoms with Gasteiger partial charge in [0.15, 0.2) is 0 Å². The van der Waals surface area contributed by atoms with E-state index < -0.39 is 0 Å². The number of hydrogen-bond acceptors (Lipinski definition) is 2. The van der Waals surface area contributed by atoms with Crippen molar-refractivity contribution in [3.8, 4) is 0 Å². The minimum atomic E-state index is -0.106. The van der Waals surface area contributed by atoms with Gasteiger partial charge >= 0.3 is 0 Å². The molecule has 1 aromatic carbocycles. The summed E-state index contributed by atoms with van der Waals surface area (Å²) in [7, 11) is 0. The topological polar surface area (TPSA) is 37.4 Å². The van der Waals surface area contributed by atoms with Crippen molar-refractivity contribution in [1.82, 2.24) is 0 Å². The molecule has 3 aliphatic carbocycles. The lowest BCUT2D eigenvalue weighted by atomic mass is 9.66. The Kier molecular flexibility index (Phi) is 3.28. The van der Waals surface area contributed by atoms with Crippen LogP contribution >= 0.6 is 15.9 Å². The number of nitrogens with zero attached hydrogens (tertiary/aromatic N) is 1. The van der Waals surface area contributed by atoms with Crippen molar-refractivity contribution in [3.05, 3.63) is 39.9 Å². The maximum Gasteiger partial charge on any atom is 0.238 e. The van der Waals surface area contributed by atoms with Crippen LogP contribution in [0.2, 0.25) is 0 Å². The fourth-order valence-corrected chi connectivity index (χ4v) is 6.00. The standard InChI is InChI=1S/C20H20BrNO2/c21-11-7-9-12(10-8-11)22-19(23)17-15-5-1-3-13(15)14-4-2-6-16(14)18(17)20(22)24/h7-10,15-18H,1-6H2/t15-,16-,17-,18-/m0/s1. The third kappa shape index (κ3) is 1.89. The Morgan fingerprint density at radius 3 is 1.83 bits per heavy atom. The first-order chi connectivity index (χ1) is 11.7. The van der Waals surface area contributed by atoms with Crippen LogP contribution in [-0.4, -0.2) is 11.8 Å². The summed E-state index contributed by atoms with van der Waals surface area (Å²) in [6.45, 7) is 0. The van der Waals surface area contributed by atoms with Crippen LogP contribution in [0.1, 0.15) is 38.5 Å². The van der Waals surface area contributed by atoms with Crippen LogP contribution in [0.4, 0.5) is 5.69 Å². The molecule has 1 aromatic rings. The van der Waals surface area contributed by atoms with Gasteiger partial charge in [-0.05, 0) is 74.6 Å². The highest BCUT2D eigenvalue weighted by Crippen LogP contribution is 2.57. The van der Waals surface area contributed by atoms with Crippen LogP contribution in [0.15, 0.2) is 39.9 Å². The number of anilines is 1. The van der Waals surface area contributed by atoms with Crippen molar-refractivity contribution in [2.75, 3.05) is 4.90 Å². The molecule has 1 saturated heterocycles. The molecule has 1 heterocycles. The second-order valence-electron chi connectivity index (χ2n) is 7.59. The van der Waals surface area contributed by atoms with Crippen LogP contribution in [0, 0.1) is 23.7 Å². The van der Waals surface area contributed by atoms with Gasteiger partial charge in [0.05, 0.1) is 17.5 Å². The number of allylic oxidation sites excluding steroid dienone is 2. The van der Waals surface area contributed by atoms with Crippen LogP contribution < -0.4 is 4.90 Å². The summed E-state index contributed by atoms with van der Waals surface area (Å²) >= 11 is 3.42. The van der Waals surface area contributed by atoms with Gasteiger partial charge in [-0.2, -0.15) is 0 Å². The van der Waals surface area contributed by atoms with E-state index in [0.29, 0.717) is 11.8 Å². The van der Waals surface area contributed by atoms with Crippen molar-refractivity contribution in [2.45, 2.75) is 38.5 Å². The molecule has 0 bridgehead atoms. The minimum Gasteiger partial charge on any atom is -0.274 e. The monoisotopic (exact) mass is 385 g/mol. The van der Waals surface area contributed by atoms with Crippen LogP contribution in [0.3, 0.4) is 0 Å². The Morgan fingerprint density at radius 1 is 0.833 bits per heavy atom. The lowest BCUT2D eigenvalue weighted by Gasteiger charge is -2.34. The summed E-state index contributed by atoms with van der Waals surface area (Å²) in [6.07, 6.45) is 6.83. The summed E-state index contributed by atoms with van der Waals surface area (Å²) in [4.78, 5) is 28.0. The largest absolute Gasteiger partial charge is 0.274 e. The number of fused-ring (bicyclic) bond motifs is 5. The fourth-order valence-electron chi connectivity index (χ4n) is 5.74. The second-order valence-corrected chi connectivity index (χ2v) is 8.50. The zero-order valence-electron chi connectivity index (χ0n) is 13.5. The molecule has 0 radical (unpaired) electrons. The molecular weight excluding hydrogens is 366 g/mol. The second kappa shape index (κ2) is 5.29. The molecule has 1 aliphatic heterocycles. The maximum absolute atomic E-state index is 13.2. The van der Waals surface area contributed by atoms with Crippen LogP contribution in [0.5, 0.6) is 0 Å². The molecule has 3 fully saturated rings. The maximum atomic E-state index is 13.2. The molecule has 4 atom stereocenters. The molecular formula is C20H20BrNO2. The van der Waals surface area contributed by atoms with Crippen molar-refractivity contribution in [3.63, 3.8) is 0 Å². The number of carbonyl (C=O) groups is 2. The molecule has 0 spiro atoms. The van der Waals surface area contributed by atoms with Gasteiger partial charge < -0.3 is 0 Å². The number of hydrogen-bond donors (Lipinski definition) is 0. The summed E-state index contributed by atoms with van der Waals surface area (Å²) < 4.78 is 0.959. The van der Waals surface area contributed by atoms with E-state index in [4.69, 9.17) is 0 Å². The predicted molar refractivity (Wildman–Crippen MR) is 95.3 cm³/mol. The van der Waals surface area contributed by atoms with E-state index >= 15 is 0 Å². The zero-order chi connectivity index (χ0) is 16.4. The molecule has 5 rings (SSSR count). The number of benzene rings is 1. The Hall–Kier alpha value is -1.42. The molecule has 0 N–H and O–H groups in total. The number of rotatable bonds is 1. The molecule has 2 amide bonds. The van der Waals surface area contributed by atoms with Crippen molar-refractivity contribution in [2.24, 2.45) is 23.7 Å². The average Bonchev–Trinajstić information content (AvgIpc) is 3.27. The zero-order valence-corrected chi connectivity index (χ0v) is 15.1. The molecule has 124 valence electrons. The van der Waals surface area contributed by atoms with E-state index in [2.05, 4.69) is 15.9 Å². The van der Waals surface area contributed by atoms with E-state index in [1.807, 2.05) is 24.3 Å². The van der Waals surface area contributed by atoms with Crippen LogP contribution in [0.25, 0.3) is 0 Å². The summed E-state index contributed by atoms with van der Waals surface area (Å²) in [5, 5.41) is 0. The van der Waals surface area contributed by atoms with Crippen molar-refractivity contribution >= 4 is 33.4 Å². The Morgan fingerprint density at radius 2 is 1.33 bits per heavy atom. The lowest BCUT2D eigenvalue weighted by Crippen LogP contribution is -2.35. The summed E-state index contributed by atoms with van der Waals surface area (Å²) in [6, 6.07) is 7.54. The number of imide groups is 1. The number of halogens is 1. The quantitative estimate of drug-likeness (QED) is 0.528. The van der Waals surface area contributed by atoms with Gasteiger partial charge in [-0.15, -0.1) is 0 Å². The molecule has 24 heavy (non-hydrogen) atoms. The van der Waals surface area contributed by atoms with E-state index in [1.165, 1.54) is 17.7 Å². The van der Waals surface area contributed by atoms with E-state index in [9.17, 15) is 9.59 Å². The third-order valence-corrected chi connectivity index (χ3v) is 7.11. The molecule has 4 aliphatic rings. The normalized spacial score (nSPS) is 34.6. The van der Waals surface area contributed by atoms with Gasteiger partial charge in [0, 0.05) is 4.47 Å². The lowest BCUT2D eigenvalue weighted by molar-refractivity contribution is -0.122. The molecule has 0 aromatic heterocycles. The number of amides is 2. The minimum absolute atomic E-state index is 0.0441. The Bertz CT molecular complexity index is 724. The molecule has 2 saturated carbocycles. The summed E-state index contributed by atoms with van der Waals surface area (Å²) in [5.74, 6) is 0.536. The van der Waals surface area contributed by atoms with Gasteiger partial charge in [-0.1, -0.05) is 27.1 Å². The van der Waals surface area contributed by atoms with Gasteiger partial charge in [0.1, 0.15) is 0 Å². The average molecular weight is 386 g/mol. The van der Waals surface area contributed by atoms with Gasteiger partial charge in [0.25, 0.3) is 0 Å². The SMILES string of the molecule is O=C1[C@@H]2[C@@H](C(=O)N1c1ccc(Br)cc1)[C@H]1CCCC1=C1CCC[C@@H]12. The van der Waals surface area contributed by atoms with Crippen molar-refractivity contribution in [1.29, 1.82) is 0 Å². The van der Waals surface area contributed by atoms with Gasteiger partial charge in [-0.25, -0.2) is 0 Å². The van der Waals surface area contributed by atoms with E-state index in [-0.39, 0.29) is 23.7 Å². The molecule has 0 unspecified atom stereocenters. The highest BCUT2D eigenvalue weighted by atomic mass is 79.9. The number of carbonyl (C=O) groups excluding carboxylic acids is 2. The Labute approximate surface area is 150 Å². The first kappa shape index (κ1) is 14.9. The van der Waals surface area contributed by atoms with Crippen molar-refractivity contribution < 1.29 is 9.59 Å². The fraction of sp³-hybridized carbons (Fsp3) is 0.500. The smallest absolute Gasteiger partial charge is 0.238 e.